The predicted molar refractivity (Wildman–Crippen MR) is 85.2 cm³/mol. The molecule has 0 N–H and O–H groups in total. The van der Waals surface area contributed by atoms with Crippen LogP contribution in [0.5, 0.6) is 0 Å². The molecule has 0 radical (unpaired) electrons. The summed E-state index contributed by atoms with van der Waals surface area (Å²) in [6.07, 6.45) is 1.41. The largest absolute Gasteiger partial charge is 0.452 e. The molecule has 2 fully saturated rings. The molecule has 9 nitrogen and oxygen atoms in total. The van der Waals surface area contributed by atoms with Gasteiger partial charge in [0.05, 0.1) is 13.2 Å². The zero-order valence-corrected chi connectivity index (χ0v) is 14.7. The summed E-state index contributed by atoms with van der Waals surface area (Å²) in [7, 11) is 0. The van der Waals surface area contributed by atoms with Crippen molar-refractivity contribution in [2.75, 3.05) is 26.4 Å². The van der Waals surface area contributed by atoms with Gasteiger partial charge in [0, 0.05) is 32.3 Å². The van der Waals surface area contributed by atoms with Gasteiger partial charge in [0.25, 0.3) is 5.79 Å². The maximum absolute atomic E-state index is 12.7. The second kappa shape index (κ2) is 7.98. The van der Waals surface area contributed by atoms with E-state index in [9.17, 15) is 19.2 Å². The van der Waals surface area contributed by atoms with Crippen LogP contribution in [-0.4, -0.2) is 65.5 Å². The molecule has 25 heavy (non-hydrogen) atoms. The Morgan fingerprint density at radius 1 is 1.36 bits per heavy atom. The first-order valence-corrected chi connectivity index (χ1v) is 8.32. The third kappa shape index (κ3) is 4.80. The normalized spacial score (nSPS) is 24.2. The number of esters is 2. The zero-order chi connectivity index (χ0) is 18.6. The molecular weight excluding hydrogens is 354 g/mol. The number of rotatable bonds is 5. The Hall–Kier alpha value is -1.91. The van der Waals surface area contributed by atoms with Gasteiger partial charge in [-0.3, -0.25) is 14.4 Å². The number of cyclic esters (lactones) is 2. The van der Waals surface area contributed by atoms with E-state index in [2.05, 4.69) is 6.58 Å². The van der Waals surface area contributed by atoms with Crippen LogP contribution in [0.15, 0.2) is 12.7 Å². The summed E-state index contributed by atoms with van der Waals surface area (Å²) >= 11 is 0.683. The van der Waals surface area contributed by atoms with Crippen molar-refractivity contribution in [2.45, 2.75) is 25.7 Å². The third-order valence-corrected chi connectivity index (χ3v) is 4.31. The second-order valence-electron chi connectivity index (χ2n) is 5.75. The minimum Gasteiger partial charge on any atom is -0.452 e. The lowest BCUT2D eigenvalue weighted by atomic mass is 9.96. The molecule has 0 spiro atoms. The summed E-state index contributed by atoms with van der Waals surface area (Å²) in [6.45, 7) is 6.72. The van der Waals surface area contributed by atoms with Crippen LogP contribution in [0.2, 0.25) is 0 Å². The van der Waals surface area contributed by atoms with Crippen molar-refractivity contribution in [3.8, 4) is 0 Å². The number of carbonyl (C=O) groups is 4. The van der Waals surface area contributed by atoms with Crippen molar-refractivity contribution in [3.63, 3.8) is 0 Å². The van der Waals surface area contributed by atoms with Crippen LogP contribution >= 0.6 is 11.9 Å². The summed E-state index contributed by atoms with van der Waals surface area (Å²) in [5.41, 5.74) is 0. The summed E-state index contributed by atoms with van der Waals surface area (Å²) in [5, 5.41) is -0.630. The van der Waals surface area contributed by atoms with Gasteiger partial charge in [-0.05, 0) is 0 Å². The lowest BCUT2D eigenvalue weighted by Crippen LogP contribution is -2.56. The summed E-state index contributed by atoms with van der Waals surface area (Å²) in [6, 6.07) is -0.985. The average molecular weight is 373 g/mol. The van der Waals surface area contributed by atoms with Crippen LogP contribution in [0.3, 0.4) is 0 Å². The van der Waals surface area contributed by atoms with Crippen molar-refractivity contribution in [1.29, 1.82) is 0 Å². The van der Waals surface area contributed by atoms with Crippen LogP contribution in [0, 0.1) is 5.92 Å². The Balaban J connectivity index is 2.09. The van der Waals surface area contributed by atoms with Crippen molar-refractivity contribution in [3.05, 3.63) is 12.7 Å². The van der Waals surface area contributed by atoms with E-state index in [-0.39, 0.29) is 26.4 Å². The van der Waals surface area contributed by atoms with Gasteiger partial charge in [0.15, 0.2) is 5.78 Å². The van der Waals surface area contributed by atoms with Gasteiger partial charge in [-0.15, -0.1) is 0 Å². The van der Waals surface area contributed by atoms with Crippen molar-refractivity contribution < 1.29 is 38.1 Å². The number of ketones is 1. The molecule has 138 valence electrons. The smallest absolute Gasteiger partial charge is 0.383 e. The van der Waals surface area contributed by atoms with Gasteiger partial charge in [-0.2, -0.15) is 0 Å². The predicted octanol–water partition coefficient (Wildman–Crippen LogP) is 0.679. The van der Waals surface area contributed by atoms with Crippen LogP contribution < -0.4 is 0 Å². The van der Waals surface area contributed by atoms with Gasteiger partial charge in [-0.1, -0.05) is 12.7 Å². The van der Waals surface area contributed by atoms with Gasteiger partial charge in [-0.25, -0.2) is 9.10 Å². The van der Waals surface area contributed by atoms with Crippen molar-refractivity contribution >= 4 is 35.0 Å². The number of carbonyl (C=O) groups excluding carboxylic acids is 4. The average Bonchev–Trinajstić information content (AvgIpc) is 2.51. The summed E-state index contributed by atoms with van der Waals surface area (Å²) < 4.78 is 21.5. The number of Topliss-reactive ketones (excluding diaryl/α,β-unsaturated/α-hetero) is 1. The van der Waals surface area contributed by atoms with Crippen LogP contribution in [-0.2, 0) is 33.3 Å². The maximum Gasteiger partial charge on any atom is 0.383 e. The Kier molecular flexibility index (Phi) is 6.20. The fraction of sp³-hybridized carbons (Fsp3) is 0.600. The molecule has 0 aromatic heterocycles. The molecule has 0 amide bonds. The van der Waals surface area contributed by atoms with Gasteiger partial charge in [0.2, 0.25) is 5.92 Å². The van der Waals surface area contributed by atoms with E-state index >= 15 is 0 Å². The van der Waals surface area contributed by atoms with E-state index in [0.717, 1.165) is 0 Å². The SMILES string of the molecule is C=CCOC(=O)SN1CCOCC1C(=O)C1C(=O)OC(C)(C)OC1=O. The van der Waals surface area contributed by atoms with Gasteiger partial charge in [0.1, 0.15) is 12.6 Å². The van der Waals surface area contributed by atoms with E-state index in [1.54, 1.807) is 0 Å². The number of hydrogen-bond donors (Lipinski definition) is 0. The Labute approximate surface area is 148 Å². The second-order valence-corrected chi connectivity index (χ2v) is 6.73. The number of nitrogens with zero attached hydrogens (tertiary/aromatic N) is 1. The molecule has 0 bridgehead atoms. The molecule has 2 saturated heterocycles. The lowest BCUT2D eigenvalue weighted by molar-refractivity contribution is -0.238. The number of morpholine rings is 1. The fourth-order valence-corrected chi connectivity index (χ4v) is 3.08. The van der Waals surface area contributed by atoms with Crippen LogP contribution in [0.1, 0.15) is 13.8 Å². The zero-order valence-electron chi connectivity index (χ0n) is 13.9. The fourth-order valence-electron chi connectivity index (χ4n) is 2.31. The van der Waals surface area contributed by atoms with Crippen LogP contribution in [0.25, 0.3) is 0 Å². The first-order valence-electron chi connectivity index (χ1n) is 7.54. The lowest BCUT2D eigenvalue weighted by Gasteiger charge is -2.36. The minimum atomic E-state index is -1.70. The van der Waals surface area contributed by atoms with E-state index in [0.29, 0.717) is 11.9 Å². The highest BCUT2D eigenvalue weighted by Gasteiger charge is 2.50. The molecule has 1 atom stereocenters. The van der Waals surface area contributed by atoms with E-state index in [1.807, 2.05) is 0 Å². The summed E-state index contributed by atoms with van der Waals surface area (Å²) in [4.78, 5) is 48.6. The highest BCUT2D eigenvalue weighted by atomic mass is 32.2. The summed E-state index contributed by atoms with van der Waals surface area (Å²) in [5.74, 6) is -5.81. The highest BCUT2D eigenvalue weighted by Crippen LogP contribution is 2.28. The number of ether oxygens (including phenoxy) is 4. The molecule has 2 heterocycles. The molecule has 10 heteroatoms. The van der Waals surface area contributed by atoms with Gasteiger partial charge < -0.3 is 18.9 Å². The molecule has 0 aromatic rings. The van der Waals surface area contributed by atoms with E-state index in [1.165, 1.54) is 24.2 Å². The molecule has 2 aliphatic rings. The molecule has 2 aliphatic heterocycles. The Bertz CT molecular complexity index is 570. The van der Waals surface area contributed by atoms with Crippen molar-refractivity contribution in [2.24, 2.45) is 5.92 Å². The van der Waals surface area contributed by atoms with Gasteiger partial charge >= 0.3 is 17.2 Å². The van der Waals surface area contributed by atoms with Crippen molar-refractivity contribution in [1.82, 2.24) is 4.31 Å². The molecule has 0 aromatic carbocycles. The molecule has 0 saturated carbocycles. The monoisotopic (exact) mass is 373 g/mol. The van der Waals surface area contributed by atoms with E-state index < -0.39 is 40.8 Å². The molecule has 2 rings (SSSR count). The number of hydrogen-bond acceptors (Lipinski definition) is 10. The first-order chi connectivity index (χ1) is 11.7. The maximum atomic E-state index is 12.7. The topological polar surface area (TPSA) is 108 Å². The quantitative estimate of drug-likeness (QED) is 0.295. The molecule has 1 unspecified atom stereocenters. The molecular formula is C15H19NO8S. The van der Waals surface area contributed by atoms with Crippen LogP contribution in [0.4, 0.5) is 4.79 Å². The third-order valence-electron chi connectivity index (χ3n) is 3.37. The standard InChI is InChI=1S/C15H19NO8S/c1-4-6-22-14(20)25-16-5-7-21-8-9(16)11(17)10-12(18)23-15(2,3)24-13(10)19/h4,9-10H,1,5-8H2,2-3H3. The first kappa shape index (κ1) is 19.4. The highest BCUT2D eigenvalue weighted by molar-refractivity contribution is 8.11. The van der Waals surface area contributed by atoms with E-state index in [4.69, 9.17) is 18.9 Å². The Morgan fingerprint density at radius 3 is 2.60 bits per heavy atom. The minimum absolute atomic E-state index is 0.0329. The molecule has 0 aliphatic carbocycles. The Morgan fingerprint density at radius 2 is 2.00 bits per heavy atom.